The van der Waals surface area contributed by atoms with Crippen LogP contribution in [0.5, 0.6) is 0 Å². The summed E-state index contributed by atoms with van der Waals surface area (Å²) in [5.41, 5.74) is 0.612. The third kappa shape index (κ3) is 2.19. The first-order valence-electron chi connectivity index (χ1n) is 3.40. The molecule has 0 bridgehead atoms. The van der Waals surface area contributed by atoms with E-state index < -0.39 is 6.10 Å². The van der Waals surface area contributed by atoms with Crippen molar-refractivity contribution < 1.29 is 5.11 Å². The normalized spacial score (nSPS) is 12.1. The minimum Gasteiger partial charge on any atom is -0.387 e. The molecule has 0 aliphatic heterocycles. The molecule has 0 fully saturated rings. The molecule has 3 nitrogen and oxygen atoms in total. The molecule has 0 radical (unpaired) electrons. The van der Waals surface area contributed by atoms with Gasteiger partial charge in [0.25, 0.3) is 0 Å². The molecule has 0 spiro atoms. The second-order valence-corrected chi connectivity index (χ2v) is 2.68. The molecule has 1 aromatic heterocycles. The van der Waals surface area contributed by atoms with E-state index in [0.717, 1.165) is 0 Å². The first kappa shape index (κ1) is 8.98. The molecule has 0 aliphatic rings. The minimum atomic E-state index is -0.764. The number of rotatable bonds is 2. The fourth-order valence-electron chi connectivity index (χ4n) is 0.789. The van der Waals surface area contributed by atoms with Gasteiger partial charge in [0.2, 0.25) is 0 Å². The van der Waals surface area contributed by atoms with Crippen molar-refractivity contribution in [1.29, 1.82) is 5.26 Å². The SMILES string of the molecule is N#CC[C@@H](O)c1ccc(Cl)nc1. The zero-order chi connectivity index (χ0) is 8.97. The largest absolute Gasteiger partial charge is 0.387 e. The lowest BCUT2D eigenvalue weighted by molar-refractivity contribution is 0.183. The van der Waals surface area contributed by atoms with Gasteiger partial charge in [0, 0.05) is 6.20 Å². The molecule has 1 N–H and O–H groups in total. The predicted octanol–water partition coefficient (Wildman–Crippen LogP) is 1.68. The van der Waals surface area contributed by atoms with Crippen LogP contribution in [0.3, 0.4) is 0 Å². The molecular formula is C8H7ClN2O. The first-order valence-corrected chi connectivity index (χ1v) is 3.78. The summed E-state index contributed by atoms with van der Waals surface area (Å²) in [4.78, 5) is 3.78. The highest BCUT2D eigenvalue weighted by molar-refractivity contribution is 6.29. The van der Waals surface area contributed by atoms with Gasteiger partial charge in [0.1, 0.15) is 5.15 Å². The van der Waals surface area contributed by atoms with Gasteiger partial charge in [-0.3, -0.25) is 0 Å². The molecule has 0 aromatic carbocycles. The van der Waals surface area contributed by atoms with E-state index in [1.807, 2.05) is 6.07 Å². The smallest absolute Gasteiger partial charge is 0.129 e. The van der Waals surface area contributed by atoms with Gasteiger partial charge in [-0.15, -0.1) is 0 Å². The van der Waals surface area contributed by atoms with E-state index in [1.165, 1.54) is 6.20 Å². The Labute approximate surface area is 75.2 Å². The summed E-state index contributed by atoms with van der Waals surface area (Å²) in [6.07, 6.45) is 0.771. The summed E-state index contributed by atoms with van der Waals surface area (Å²) in [5.74, 6) is 0. The van der Waals surface area contributed by atoms with E-state index in [9.17, 15) is 5.11 Å². The maximum atomic E-state index is 9.31. The Bertz CT molecular complexity index is 291. The van der Waals surface area contributed by atoms with Crippen molar-refractivity contribution in [3.8, 4) is 6.07 Å². The Morgan fingerprint density at radius 3 is 2.92 bits per heavy atom. The molecule has 0 aliphatic carbocycles. The van der Waals surface area contributed by atoms with Crippen LogP contribution in [0, 0.1) is 11.3 Å². The molecule has 1 heterocycles. The van der Waals surface area contributed by atoms with Crippen molar-refractivity contribution in [3.63, 3.8) is 0 Å². The van der Waals surface area contributed by atoms with Gasteiger partial charge in [-0.05, 0) is 11.6 Å². The Hall–Kier alpha value is -1.11. The van der Waals surface area contributed by atoms with E-state index in [1.54, 1.807) is 12.1 Å². The Kier molecular flexibility index (Phi) is 3.03. The molecule has 1 aromatic rings. The number of halogens is 1. The van der Waals surface area contributed by atoms with Crippen molar-refractivity contribution in [1.82, 2.24) is 4.98 Å². The van der Waals surface area contributed by atoms with Gasteiger partial charge in [0.15, 0.2) is 0 Å². The summed E-state index contributed by atoms with van der Waals surface area (Å²) in [7, 11) is 0. The molecule has 1 rings (SSSR count). The van der Waals surface area contributed by atoms with Gasteiger partial charge >= 0.3 is 0 Å². The summed E-state index contributed by atoms with van der Waals surface area (Å²) in [6.45, 7) is 0. The minimum absolute atomic E-state index is 0.0727. The Morgan fingerprint density at radius 1 is 1.67 bits per heavy atom. The highest BCUT2D eigenvalue weighted by Crippen LogP contribution is 2.15. The third-order valence-electron chi connectivity index (χ3n) is 1.42. The van der Waals surface area contributed by atoms with Crippen molar-refractivity contribution in [2.75, 3.05) is 0 Å². The lowest BCUT2D eigenvalue weighted by atomic mass is 10.1. The van der Waals surface area contributed by atoms with Crippen molar-refractivity contribution in [2.45, 2.75) is 12.5 Å². The number of hydrogen-bond acceptors (Lipinski definition) is 3. The molecule has 1 atom stereocenters. The van der Waals surface area contributed by atoms with Crippen molar-refractivity contribution in [2.24, 2.45) is 0 Å². The fraction of sp³-hybridized carbons (Fsp3) is 0.250. The van der Waals surface area contributed by atoms with Crippen LogP contribution in [0.2, 0.25) is 5.15 Å². The van der Waals surface area contributed by atoms with E-state index in [0.29, 0.717) is 10.7 Å². The monoisotopic (exact) mass is 182 g/mol. The lowest BCUT2D eigenvalue weighted by Crippen LogP contribution is -1.95. The predicted molar refractivity (Wildman–Crippen MR) is 44.4 cm³/mol. The summed E-state index contributed by atoms with van der Waals surface area (Å²) >= 11 is 5.54. The van der Waals surface area contributed by atoms with E-state index in [2.05, 4.69) is 4.98 Å². The van der Waals surface area contributed by atoms with Gasteiger partial charge < -0.3 is 5.11 Å². The lowest BCUT2D eigenvalue weighted by Gasteiger charge is -2.04. The Balaban J connectivity index is 2.76. The van der Waals surface area contributed by atoms with Crippen molar-refractivity contribution in [3.05, 3.63) is 29.0 Å². The molecule has 4 heteroatoms. The van der Waals surface area contributed by atoms with E-state index >= 15 is 0 Å². The van der Waals surface area contributed by atoms with Crippen LogP contribution in [-0.2, 0) is 0 Å². The number of nitrogens with zero attached hydrogens (tertiary/aromatic N) is 2. The number of hydrogen-bond donors (Lipinski definition) is 1. The molecule has 0 saturated carbocycles. The molecule has 62 valence electrons. The maximum absolute atomic E-state index is 9.31. The molecular weight excluding hydrogens is 176 g/mol. The summed E-state index contributed by atoms with van der Waals surface area (Å²) in [5, 5.41) is 18.0. The molecule has 0 unspecified atom stereocenters. The van der Waals surface area contributed by atoms with Crippen LogP contribution in [0.1, 0.15) is 18.1 Å². The number of aromatic nitrogens is 1. The van der Waals surface area contributed by atoms with Crippen LogP contribution >= 0.6 is 11.6 Å². The van der Waals surface area contributed by atoms with Gasteiger partial charge in [0.05, 0.1) is 18.6 Å². The standard InChI is InChI=1S/C8H7ClN2O/c9-8-2-1-6(5-11-8)7(12)3-4-10/h1-2,5,7,12H,3H2/t7-/m1/s1. The Morgan fingerprint density at radius 2 is 2.42 bits per heavy atom. The second kappa shape index (κ2) is 4.05. The average molecular weight is 183 g/mol. The molecule has 12 heavy (non-hydrogen) atoms. The number of aliphatic hydroxyl groups excluding tert-OH is 1. The van der Waals surface area contributed by atoms with Gasteiger partial charge in [-0.25, -0.2) is 4.98 Å². The quantitative estimate of drug-likeness (QED) is 0.708. The highest BCUT2D eigenvalue weighted by atomic mass is 35.5. The fourth-order valence-corrected chi connectivity index (χ4v) is 0.900. The van der Waals surface area contributed by atoms with E-state index in [4.69, 9.17) is 16.9 Å². The van der Waals surface area contributed by atoms with Crippen LogP contribution in [0.15, 0.2) is 18.3 Å². The zero-order valence-electron chi connectivity index (χ0n) is 6.24. The van der Waals surface area contributed by atoms with E-state index in [-0.39, 0.29) is 6.42 Å². The highest BCUT2D eigenvalue weighted by Gasteiger charge is 2.06. The van der Waals surface area contributed by atoms with Gasteiger partial charge in [-0.1, -0.05) is 17.7 Å². The molecule has 0 saturated heterocycles. The van der Waals surface area contributed by atoms with Crippen molar-refractivity contribution >= 4 is 11.6 Å². The van der Waals surface area contributed by atoms with Crippen LogP contribution in [0.25, 0.3) is 0 Å². The second-order valence-electron chi connectivity index (χ2n) is 2.29. The maximum Gasteiger partial charge on any atom is 0.129 e. The number of nitriles is 1. The van der Waals surface area contributed by atoms with Crippen LogP contribution in [0.4, 0.5) is 0 Å². The van der Waals surface area contributed by atoms with Crippen LogP contribution < -0.4 is 0 Å². The molecule has 0 amide bonds. The first-order chi connectivity index (χ1) is 5.74. The zero-order valence-corrected chi connectivity index (χ0v) is 6.99. The van der Waals surface area contributed by atoms with Crippen LogP contribution in [-0.4, -0.2) is 10.1 Å². The number of pyridine rings is 1. The summed E-state index contributed by atoms with van der Waals surface area (Å²) in [6, 6.07) is 5.10. The summed E-state index contributed by atoms with van der Waals surface area (Å²) < 4.78 is 0. The topological polar surface area (TPSA) is 56.9 Å². The van der Waals surface area contributed by atoms with Gasteiger partial charge in [-0.2, -0.15) is 5.26 Å². The number of aliphatic hydroxyl groups is 1. The third-order valence-corrected chi connectivity index (χ3v) is 1.64. The average Bonchev–Trinajstić information content (AvgIpc) is 2.06.